The molecule has 0 N–H and O–H groups in total. The molecular formula is C27H27ClF3N2O4-. The molecule has 6 nitrogen and oxygen atoms in total. The second kappa shape index (κ2) is 11.6. The first-order chi connectivity index (χ1) is 17.7. The van der Waals surface area contributed by atoms with E-state index in [1.54, 1.807) is 18.2 Å². The number of rotatable bonds is 10. The number of benzene rings is 2. The van der Waals surface area contributed by atoms with Crippen LogP contribution < -0.4 is 14.6 Å². The second-order valence-corrected chi connectivity index (χ2v) is 9.68. The van der Waals surface area contributed by atoms with Crippen molar-refractivity contribution in [3.05, 3.63) is 64.8 Å². The number of hydrogen-bond acceptors (Lipinski definition) is 6. The van der Waals surface area contributed by atoms with Gasteiger partial charge >= 0.3 is 0 Å². The van der Waals surface area contributed by atoms with Crippen LogP contribution in [0.4, 0.5) is 13.2 Å². The third-order valence-electron chi connectivity index (χ3n) is 7.02. The van der Waals surface area contributed by atoms with Gasteiger partial charge in [0.15, 0.2) is 0 Å². The molecule has 1 aliphatic rings. The number of piperidine rings is 1. The molecule has 3 aromatic rings. The largest absolute Gasteiger partial charge is 0.550 e. The molecule has 0 amide bonds. The number of carbonyl (C=O) groups is 1. The van der Waals surface area contributed by atoms with Crippen LogP contribution in [0.5, 0.6) is 11.5 Å². The van der Waals surface area contributed by atoms with Crippen molar-refractivity contribution in [2.24, 2.45) is 5.41 Å². The van der Waals surface area contributed by atoms with Gasteiger partial charge in [0.2, 0.25) is 0 Å². The highest BCUT2D eigenvalue weighted by Gasteiger charge is 2.37. The topological polar surface area (TPSA) is 74.7 Å². The maximum atomic E-state index is 15.6. The Morgan fingerprint density at radius 2 is 1.86 bits per heavy atom. The van der Waals surface area contributed by atoms with E-state index in [9.17, 15) is 18.7 Å². The molecule has 37 heavy (non-hydrogen) atoms. The predicted octanol–water partition coefficient (Wildman–Crippen LogP) is 4.88. The van der Waals surface area contributed by atoms with Gasteiger partial charge in [-0.05, 0) is 57.0 Å². The minimum absolute atomic E-state index is 0.0434. The summed E-state index contributed by atoms with van der Waals surface area (Å²) in [4.78, 5) is 18.4. The average Bonchev–Trinajstić information content (AvgIpc) is 2.87. The Labute approximate surface area is 218 Å². The molecule has 0 bridgehead atoms. The lowest BCUT2D eigenvalue weighted by atomic mass is 9.74. The van der Waals surface area contributed by atoms with E-state index in [2.05, 4.69) is 4.98 Å². The molecule has 4 rings (SSSR count). The molecular weight excluding hydrogens is 509 g/mol. The van der Waals surface area contributed by atoms with Gasteiger partial charge in [-0.3, -0.25) is 9.88 Å². The molecule has 1 atom stereocenters. The number of carbonyl (C=O) groups excluding carboxylic acids is 1. The van der Waals surface area contributed by atoms with Crippen LogP contribution >= 0.6 is 11.6 Å². The lowest BCUT2D eigenvalue weighted by molar-refractivity contribution is -0.322. The molecule has 10 heteroatoms. The SMILES string of the molecule is COc1ccc2ncc(Cl)c(C(F)CCC3(C(=O)[O-])CCN(CCOc4cc(F)cc(F)c4)CC3)c2c1. The first-order valence-corrected chi connectivity index (χ1v) is 12.4. The highest BCUT2D eigenvalue weighted by molar-refractivity contribution is 6.32. The standard InChI is InChI=1S/C27H28ClF3N2O4/c1-36-19-2-3-24-21(15-19)25(22(28)16-32-24)23(31)4-5-27(26(34)35)6-8-33(9-7-27)10-11-37-20-13-17(29)12-18(30)14-20/h2-3,12-16,23H,4-11H2,1H3,(H,34,35)/p-1. The smallest absolute Gasteiger partial charge is 0.129 e. The summed E-state index contributed by atoms with van der Waals surface area (Å²) in [6.45, 7) is 1.53. The van der Waals surface area contributed by atoms with E-state index >= 15 is 4.39 Å². The van der Waals surface area contributed by atoms with Crippen molar-refractivity contribution in [3.63, 3.8) is 0 Å². The number of methoxy groups -OCH3 is 1. The third-order valence-corrected chi connectivity index (χ3v) is 7.32. The number of alkyl halides is 1. The molecule has 2 aromatic carbocycles. The van der Waals surface area contributed by atoms with E-state index in [1.807, 2.05) is 4.90 Å². The summed E-state index contributed by atoms with van der Waals surface area (Å²) in [5, 5.41) is 12.9. The van der Waals surface area contributed by atoms with Gasteiger partial charge in [-0.2, -0.15) is 0 Å². The zero-order valence-corrected chi connectivity index (χ0v) is 21.1. The Hall–Kier alpha value is -3.04. The summed E-state index contributed by atoms with van der Waals surface area (Å²) in [5.41, 5.74) is -0.336. The summed E-state index contributed by atoms with van der Waals surface area (Å²) >= 11 is 6.31. The number of pyridine rings is 1. The van der Waals surface area contributed by atoms with E-state index < -0.39 is 29.2 Å². The Balaban J connectivity index is 1.37. The van der Waals surface area contributed by atoms with Gasteiger partial charge in [-0.15, -0.1) is 0 Å². The average molecular weight is 536 g/mol. The first-order valence-electron chi connectivity index (χ1n) is 12.0. The number of nitrogens with zero attached hydrogens (tertiary/aromatic N) is 2. The van der Waals surface area contributed by atoms with Gasteiger partial charge in [0.1, 0.15) is 35.9 Å². The maximum Gasteiger partial charge on any atom is 0.129 e. The Morgan fingerprint density at radius 1 is 1.16 bits per heavy atom. The van der Waals surface area contributed by atoms with Gasteiger partial charge in [-0.25, -0.2) is 13.2 Å². The van der Waals surface area contributed by atoms with Crippen LogP contribution in [0.25, 0.3) is 10.9 Å². The van der Waals surface area contributed by atoms with E-state index in [4.69, 9.17) is 21.1 Å². The van der Waals surface area contributed by atoms with E-state index in [1.165, 1.54) is 13.3 Å². The van der Waals surface area contributed by atoms with Crippen LogP contribution in [0, 0.1) is 17.0 Å². The van der Waals surface area contributed by atoms with Gasteiger partial charge in [0, 0.05) is 53.3 Å². The number of aromatic nitrogens is 1. The quantitative estimate of drug-likeness (QED) is 0.368. The van der Waals surface area contributed by atoms with Crippen molar-refractivity contribution < 1.29 is 32.5 Å². The molecule has 0 saturated carbocycles. The summed E-state index contributed by atoms with van der Waals surface area (Å²) in [7, 11) is 1.51. The van der Waals surface area contributed by atoms with Crippen molar-refractivity contribution in [2.75, 3.05) is 33.4 Å². The van der Waals surface area contributed by atoms with Gasteiger partial charge < -0.3 is 19.4 Å². The lowest BCUT2D eigenvalue weighted by Gasteiger charge is -2.43. The molecule has 0 radical (unpaired) electrons. The van der Waals surface area contributed by atoms with Gasteiger partial charge in [0.05, 0.1) is 17.6 Å². The fourth-order valence-corrected chi connectivity index (χ4v) is 5.09. The van der Waals surface area contributed by atoms with Crippen LogP contribution in [0.15, 0.2) is 42.6 Å². The number of carboxylic acids is 1. The monoisotopic (exact) mass is 535 g/mol. The molecule has 1 aromatic heterocycles. The fraction of sp³-hybridized carbons (Fsp3) is 0.407. The van der Waals surface area contributed by atoms with Crippen molar-refractivity contribution in [2.45, 2.75) is 31.9 Å². The van der Waals surface area contributed by atoms with Crippen LogP contribution in [0.2, 0.25) is 5.02 Å². The molecule has 0 aliphatic carbocycles. The molecule has 0 spiro atoms. The van der Waals surface area contributed by atoms with Gasteiger partial charge in [-0.1, -0.05) is 11.6 Å². The zero-order valence-electron chi connectivity index (χ0n) is 20.3. The first kappa shape index (κ1) is 27.0. The van der Waals surface area contributed by atoms with E-state index in [0.717, 1.165) is 18.2 Å². The van der Waals surface area contributed by atoms with Crippen LogP contribution in [-0.4, -0.2) is 49.2 Å². The highest BCUT2D eigenvalue weighted by atomic mass is 35.5. The van der Waals surface area contributed by atoms with Crippen molar-refractivity contribution in [1.29, 1.82) is 0 Å². The second-order valence-electron chi connectivity index (χ2n) is 9.27. The number of hydrogen-bond donors (Lipinski definition) is 0. The fourth-order valence-electron chi connectivity index (χ4n) is 4.83. The molecule has 1 fully saturated rings. The minimum atomic E-state index is -1.50. The van der Waals surface area contributed by atoms with Crippen LogP contribution in [0.1, 0.15) is 37.4 Å². The molecule has 1 unspecified atom stereocenters. The molecule has 1 aliphatic heterocycles. The summed E-state index contributed by atoms with van der Waals surface area (Å²) < 4.78 is 52.9. The number of halogens is 4. The van der Waals surface area contributed by atoms with E-state index in [-0.39, 0.29) is 48.6 Å². The predicted molar refractivity (Wildman–Crippen MR) is 131 cm³/mol. The molecule has 2 heterocycles. The number of carboxylic acid groups (broad SMARTS) is 1. The van der Waals surface area contributed by atoms with Crippen LogP contribution in [-0.2, 0) is 4.79 Å². The Bertz CT molecular complexity index is 1250. The van der Waals surface area contributed by atoms with Crippen LogP contribution in [0.3, 0.4) is 0 Å². The highest BCUT2D eigenvalue weighted by Crippen LogP contribution is 2.42. The lowest BCUT2D eigenvalue weighted by Crippen LogP contribution is -2.50. The normalized spacial score (nSPS) is 16.5. The van der Waals surface area contributed by atoms with Crippen molar-refractivity contribution in [1.82, 2.24) is 9.88 Å². The Kier molecular flexibility index (Phi) is 8.44. The summed E-state index contributed by atoms with van der Waals surface area (Å²) in [6, 6.07) is 8.07. The Morgan fingerprint density at radius 3 is 2.51 bits per heavy atom. The molecule has 198 valence electrons. The van der Waals surface area contributed by atoms with Crippen molar-refractivity contribution in [3.8, 4) is 11.5 Å². The maximum absolute atomic E-state index is 15.6. The van der Waals surface area contributed by atoms with Crippen molar-refractivity contribution >= 4 is 28.5 Å². The zero-order chi connectivity index (χ0) is 26.6. The molecule has 1 saturated heterocycles. The number of likely N-dealkylation sites (tertiary alicyclic amines) is 1. The third kappa shape index (κ3) is 6.27. The number of ether oxygens (including phenoxy) is 2. The minimum Gasteiger partial charge on any atom is -0.550 e. The van der Waals surface area contributed by atoms with E-state index in [0.29, 0.717) is 36.3 Å². The van der Waals surface area contributed by atoms with Gasteiger partial charge in [0.25, 0.3) is 0 Å². The summed E-state index contributed by atoms with van der Waals surface area (Å²) in [6.07, 6.45) is 0.515. The number of aliphatic carboxylic acids is 1. The summed E-state index contributed by atoms with van der Waals surface area (Å²) in [5.74, 6) is -2.02. The number of fused-ring (bicyclic) bond motifs is 1.